The number of hydrogen-bond acceptors (Lipinski definition) is 3. The number of nitrogens with one attached hydrogen (secondary N) is 2. The second kappa shape index (κ2) is 9.96. The van der Waals surface area contributed by atoms with Crippen LogP contribution in [0.5, 0.6) is 0 Å². The second-order valence-corrected chi connectivity index (χ2v) is 7.10. The van der Waals surface area contributed by atoms with Crippen molar-refractivity contribution in [2.45, 2.75) is 25.8 Å². The molecule has 0 saturated carbocycles. The van der Waals surface area contributed by atoms with Crippen LogP contribution in [0.3, 0.4) is 0 Å². The third-order valence-electron chi connectivity index (χ3n) is 4.90. The maximum Gasteiger partial charge on any atom is 0.254 e. The molecule has 0 atom stereocenters. The molecule has 0 aliphatic carbocycles. The van der Waals surface area contributed by atoms with E-state index in [2.05, 4.69) is 10.6 Å². The van der Waals surface area contributed by atoms with Crippen LogP contribution in [0.25, 0.3) is 0 Å². The fourth-order valence-corrected chi connectivity index (χ4v) is 3.22. The minimum atomic E-state index is -0.955. The Labute approximate surface area is 173 Å². The van der Waals surface area contributed by atoms with Gasteiger partial charge >= 0.3 is 0 Å². The van der Waals surface area contributed by atoms with Gasteiger partial charge in [0.1, 0.15) is 11.6 Å². The molecule has 1 aliphatic heterocycles. The van der Waals surface area contributed by atoms with Crippen molar-refractivity contribution in [1.82, 2.24) is 15.5 Å². The number of hydrogen-bond donors (Lipinski definition) is 2. The molecule has 0 spiro atoms. The Bertz CT molecular complexity index is 926. The Morgan fingerprint density at radius 2 is 1.63 bits per heavy atom. The van der Waals surface area contributed by atoms with Crippen molar-refractivity contribution in [2.75, 3.05) is 19.6 Å². The zero-order chi connectivity index (χ0) is 21.5. The van der Waals surface area contributed by atoms with E-state index in [-0.39, 0.29) is 36.9 Å². The monoisotopic (exact) mass is 415 g/mol. The molecule has 1 fully saturated rings. The van der Waals surface area contributed by atoms with E-state index in [4.69, 9.17) is 0 Å². The smallest absolute Gasteiger partial charge is 0.254 e. The molecule has 0 bridgehead atoms. The molecule has 1 aliphatic rings. The van der Waals surface area contributed by atoms with E-state index in [1.165, 1.54) is 0 Å². The average molecular weight is 415 g/mol. The van der Waals surface area contributed by atoms with Gasteiger partial charge in [0.05, 0.1) is 5.56 Å². The van der Waals surface area contributed by atoms with Crippen molar-refractivity contribution in [3.05, 3.63) is 70.8 Å². The SMILES string of the molecule is O=C(CCNC(=O)c1ccc(F)cc1F)NCc1ccc(C(=O)N2CCCC2)cc1. The fraction of sp³-hybridized carbons (Fsp3) is 0.318. The molecule has 30 heavy (non-hydrogen) atoms. The van der Waals surface area contributed by atoms with Gasteiger partial charge in [0.2, 0.25) is 5.91 Å². The standard InChI is InChI=1S/C22H23F2N3O3/c23-17-7-8-18(19(24)13-17)21(29)25-10-9-20(28)26-14-15-3-5-16(6-4-15)22(30)27-11-1-2-12-27/h3-8,13H,1-2,9-12,14H2,(H,25,29)(H,26,28). The molecule has 2 aromatic rings. The fourth-order valence-electron chi connectivity index (χ4n) is 3.22. The molecule has 0 radical (unpaired) electrons. The van der Waals surface area contributed by atoms with Crippen LogP contribution in [-0.4, -0.2) is 42.3 Å². The number of amides is 3. The molecular weight excluding hydrogens is 392 g/mol. The molecule has 0 unspecified atom stereocenters. The first-order valence-electron chi connectivity index (χ1n) is 9.82. The summed E-state index contributed by atoms with van der Waals surface area (Å²) >= 11 is 0. The number of benzene rings is 2. The quantitative estimate of drug-likeness (QED) is 0.730. The predicted molar refractivity (Wildman–Crippen MR) is 107 cm³/mol. The number of likely N-dealkylation sites (tertiary alicyclic amines) is 1. The first kappa shape index (κ1) is 21.4. The number of nitrogens with zero attached hydrogens (tertiary/aromatic N) is 1. The van der Waals surface area contributed by atoms with E-state index in [1.54, 1.807) is 24.3 Å². The van der Waals surface area contributed by atoms with Gasteiger partial charge < -0.3 is 15.5 Å². The Morgan fingerprint density at radius 1 is 0.933 bits per heavy atom. The summed E-state index contributed by atoms with van der Waals surface area (Å²) in [5, 5.41) is 5.16. The maximum absolute atomic E-state index is 13.6. The minimum absolute atomic E-state index is 0.0140. The van der Waals surface area contributed by atoms with Gasteiger partial charge in [-0.05, 0) is 42.7 Å². The van der Waals surface area contributed by atoms with Gasteiger partial charge in [-0.15, -0.1) is 0 Å². The van der Waals surface area contributed by atoms with E-state index in [9.17, 15) is 23.2 Å². The molecule has 2 aromatic carbocycles. The summed E-state index contributed by atoms with van der Waals surface area (Å²) in [7, 11) is 0. The highest BCUT2D eigenvalue weighted by atomic mass is 19.1. The Morgan fingerprint density at radius 3 is 2.30 bits per heavy atom. The zero-order valence-electron chi connectivity index (χ0n) is 16.4. The molecular formula is C22H23F2N3O3. The topological polar surface area (TPSA) is 78.5 Å². The van der Waals surface area contributed by atoms with Crippen LogP contribution in [0.1, 0.15) is 45.5 Å². The third kappa shape index (κ3) is 5.62. The van der Waals surface area contributed by atoms with Crippen LogP contribution in [0.15, 0.2) is 42.5 Å². The molecule has 6 nitrogen and oxygen atoms in total. The molecule has 0 aromatic heterocycles. The van der Waals surface area contributed by atoms with Crippen molar-refractivity contribution in [3.63, 3.8) is 0 Å². The molecule has 158 valence electrons. The van der Waals surface area contributed by atoms with Gasteiger partial charge in [-0.2, -0.15) is 0 Å². The first-order valence-corrected chi connectivity index (χ1v) is 9.82. The van der Waals surface area contributed by atoms with Crippen LogP contribution >= 0.6 is 0 Å². The number of halogens is 2. The summed E-state index contributed by atoms with van der Waals surface area (Å²) in [6.07, 6.45) is 2.09. The zero-order valence-corrected chi connectivity index (χ0v) is 16.4. The highest BCUT2D eigenvalue weighted by molar-refractivity contribution is 5.95. The molecule has 3 amide bonds. The lowest BCUT2D eigenvalue weighted by molar-refractivity contribution is -0.121. The summed E-state index contributed by atoms with van der Waals surface area (Å²) in [4.78, 5) is 38.0. The summed E-state index contributed by atoms with van der Waals surface area (Å²) < 4.78 is 26.4. The summed E-state index contributed by atoms with van der Waals surface area (Å²) in [5.74, 6) is -2.69. The molecule has 8 heteroatoms. The van der Waals surface area contributed by atoms with Gasteiger partial charge in [0.25, 0.3) is 11.8 Å². The van der Waals surface area contributed by atoms with Gasteiger partial charge in [0, 0.05) is 44.2 Å². The summed E-state index contributed by atoms with van der Waals surface area (Å²) in [6, 6.07) is 9.77. The normalized spacial score (nSPS) is 13.2. The predicted octanol–water partition coefficient (Wildman–Crippen LogP) is 2.64. The van der Waals surface area contributed by atoms with Gasteiger partial charge in [-0.25, -0.2) is 8.78 Å². The van der Waals surface area contributed by atoms with Crippen molar-refractivity contribution >= 4 is 17.7 Å². The van der Waals surface area contributed by atoms with Gasteiger partial charge in [0.15, 0.2) is 0 Å². The molecule has 3 rings (SSSR count). The van der Waals surface area contributed by atoms with Gasteiger partial charge in [-0.1, -0.05) is 12.1 Å². The van der Waals surface area contributed by atoms with E-state index in [0.717, 1.165) is 43.6 Å². The Kier molecular flexibility index (Phi) is 7.11. The number of rotatable bonds is 7. The summed E-state index contributed by atoms with van der Waals surface area (Å²) in [5.41, 5.74) is 1.20. The van der Waals surface area contributed by atoms with Crippen LogP contribution in [-0.2, 0) is 11.3 Å². The van der Waals surface area contributed by atoms with Crippen molar-refractivity contribution < 1.29 is 23.2 Å². The molecule has 1 heterocycles. The van der Waals surface area contributed by atoms with Crippen molar-refractivity contribution in [3.8, 4) is 0 Å². The van der Waals surface area contributed by atoms with Crippen LogP contribution < -0.4 is 10.6 Å². The minimum Gasteiger partial charge on any atom is -0.352 e. The number of carbonyl (C=O) groups is 3. The van der Waals surface area contributed by atoms with E-state index >= 15 is 0 Å². The van der Waals surface area contributed by atoms with Crippen molar-refractivity contribution in [1.29, 1.82) is 0 Å². The Balaban J connectivity index is 1.40. The maximum atomic E-state index is 13.6. The lowest BCUT2D eigenvalue weighted by Gasteiger charge is -2.15. The molecule has 1 saturated heterocycles. The van der Waals surface area contributed by atoms with Crippen molar-refractivity contribution in [2.24, 2.45) is 0 Å². The van der Waals surface area contributed by atoms with E-state index in [0.29, 0.717) is 11.6 Å². The number of carbonyl (C=O) groups excluding carboxylic acids is 3. The highest BCUT2D eigenvalue weighted by Gasteiger charge is 2.19. The third-order valence-corrected chi connectivity index (χ3v) is 4.90. The summed E-state index contributed by atoms with van der Waals surface area (Å²) in [6.45, 7) is 1.89. The van der Waals surface area contributed by atoms with Crippen LogP contribution in [0.4, 0.5) is 8.78 Å². The average Bonchev–Trinajstić information content (AvgIpc) is 3.27. The lowest BCUT2D eigenvalue weighted by Crippen LogP contribution is -2.31. The van der Waals surface area contributed by atoms with E-state index < -0.39 is 17.5 Å². The largest absolute Gasteiger partial charge is 0.352 e. The van der Waals surface area contributed by atoms with Crippen LogP contribution in [0, 0.1) is 11.6 Å². The first-order chi connectivity index (χ1) is 14.4. The van der Waals surface area contributed by atoms with Crippen LogP contribution in [0.2, 0.25) is 0 Å². The lowest BCUT2D eigenvalue weighted by atomic mass is 10.1. The van der Waals surface area contributed by atoms with Gasteiger partial charge in [-0.3, -0.25) is 14.4 Å². The Hall–Kier alpha value is -3.29. The van der Waals surface area contributed by atoms with E-state index in [1.807, 2.05) is 4.90 Å². The highest BCUT2D eigenvalue weighted by Crippen LogP contribution is 2.14. The molecule has 2 N–H and O–H groups in total. The second-order valence-electron chi connectivity index (χ2n) is 7.10.